The van der Waals surface area contributed by atoms with Crippen molar-refractivity contribution in [2.24, 2.45) is 0 Å². The SMILES string of the molecule is CSC(C)CNS(=O)(=O)c1ccc(CNC2CC2)cc1F. The third-order valence-corrected chi connectivity index (χ3v) is 5.85. The summed E-state index contributed by atoms with van der Waals surface area (Å²) in [6.07, 6.45) is 4.22. The largest absolute Gasteiger partial charge is 0.310 e. The second-order valence-corrected chi connectivity index (χ2v) is 8.33. The van der Waals surface area contributed by atoms with E-state index in [0.29, 0.717) is 12.6 Å². The van der Waals surface area contributed by atoms with Gasteiger partial charge in [0.25, 0.3) is 0 Å². The van der Waals surface area contributed by atoms with E-state index in [4.69, 9.17) is 0 Å². The fourth-order valence-electron chi connectivity index (χ4n) is 1.81. The second kappa shape index (κ2) is 7.09. The van der Waals surface area contributed by atoms with E-state index in [9.17, 15) is 12.8 Å². The lowest BCUT2D eigenvalue weighted by Gasteiger charge is -2.12. The highest BCUT2D eigenvalue weighted by Gasteiger charge is 2.22. The van der Waals surface area contributed by atoms with Crippen LogP contribution in [0.25, 0.3) is 0 Å². The molecule has 1 aliphatic rings. The molecule has 1 aromatic carbocycles. The van der Waals surface area contributed by atoms with Gasteiger partial charge >= 0.3 is 0 Å². The Labute approximate surface area is 129 Å². The highest BCUT2D eigenvalue weighted by Crippen LogP contribution is 2.20. The summed E-state index contributed by atoms with van der Waals surface area (Å²) in [6.45, 7) is 2.77. The first-order valence-corrected chi connectivity index (χ1v) is 9.74. The van der Waals surface area contributed by atoms with Crippen LogP contribution >= 0.6 is 11.8 Å². The molecule has 0 saturated heterocycles. The molecule has 0 radical (unpaired) electrons. The first kappa shape index (κ1) is 16.7. The lowest BCUT2D eigenvalue weighted by atomic mass is 10.2. The first-order chi connectivity index (χ1) is 9.92. The van der Waals surface area contributed by atoms with Crippen LogP contribution in [0.1, 0.15) is 25.3 Å². The molecular formula is C14H21FN2O2S2. The molecule has 0 amide bonds. The van der Waals surface area contributed by atoms with Crippen LogP contribution in [0.3, 0.4) is 0 Å². The molecule has 1 fully saturated rings. The van der Waals surface area contributed by atoms with Crippen LogP contribution in [0.2, 0.25) is 0 Å². The van der Waals surface area contributed by atoms with E-state index >= 15 is 0 Å². The minimum absolute atomic E-state index is 0.143. The van der Waals surface area contributed by atoms with Crippen LogP contribution in [-0.4, -0.2) is 32.5 Å². The summed E-state index contributed by atoms with van der Waals surface area (Å²) in [6, 6.07) is 4.82. The molecule has 1 aliphatic carbocycles. The minimum atomic E-state index is -3.79. The quantitative estimate of drug-likeness (QED) is 0.765. The average Bonchev–Trinajstić information content (AvgIpc) is 3.26. The van der Waals surface area contributed by atoms with Gasteiger partial charge in [-0.1, -0.05) is 13.0 Å². The molecule has 1 aromatic rings. The Morgan fingerprint density at radius 3 is 2.71 bits per heavy atom. The van der Waals surface area contributed by atoms with E-state index in [1.807, 2.05) is 13.2 Å². The number of nitrogens with one attached hydrogen (secondary N) is 2. The molecule has 7 heteroatoms. The van der Waals surface area contributed by atoms with Crippen LogP contribution in [-0.2, 0) is 16.6 Å². The predicted octanol–water partition coefficient (Wildman–Crippen LogP) is 2.11. The van der Waals surface area contributed by atoms with E-state index in [0.717, 1.165) is 18.4 Å². The highest BCUT2D eigenvalue weighted by atomic mass is 32.2. The maximum absolute atomic E-state index is 14.0. The smallest absolute Gasteiger partial charge is 0.243 e. The van der Waals surface area contributed by atoms with Crippen LogP contribution in [0.4, 0.5) is 4.39 Å². The number of sulfonamides is 1. The van der Waals surface area contributed by atoms with Crippen molar-refractivity contribution in [3.05, 3.63) is 29.6 Å². The van der Waals surface area contributed by atoms with Gasteiger partial charge in [-0.25, -0.2) is 17.5 Å². The summed E-state index contributed by atoms with van der Waals surface area (Å²) in [4.78, 5) is -0.286. The molecule has 0 aliphatic heterocycles. The number of halogens is 1. The van der Waals surface area contributed by atoms with Gasteiger partial charge < -0.3 is 5.32 Å². The van der Waals surface area contributed by atoms with Crippen LogP contribution in [0, 0.1) is 5.82 Å². The third kappa shape index (κ3) is 4.95. The first-order valence-electron chi connectivity index (χ1n) is 6.96. The lowest BCUT2D eigenvalue weighted by molar-refractivity contribution is 0.555. The fourth-order valence-corrected chi connectivity index (χ4v) is 3.35. The topological polar surface area (TPSA) is 58.2 Å². The summed E-state index contributed by atoms with van der Waals surface area (Å²) in [5.74, 6) is -0.700. The normalized spacial score (nSPS) is 16.9. The number of thioether (sulfide) groups is 1. The monoisotopic (exact) mass is 332 g/mol. The molecular weight excluding hydrogens is 311 g/mol. The molecule has 21 heavy (non-hydrogen) atoms. The van der Waals surface area contributed by atoms with Gasteiger partial charge in [0.05, 0.1) is 0 Å². The van der Waals surface area contributed by atoms with Gasteiger partial charge in [-0.3, -0.25) is 0 Å². The van der Waals surface area contributed by atoms with Gasteiger partial charge in [-0.15, -0.1) is 0 Å². The average molecular weight is 332 g/mol. The summed E-state index contributed by atoms with van der Waals surface area (Å²) >= 11 is 1.55. The number of hydrogen-bond acceptors (Lipinski definition) is 4. The molecule has 1 unspecified atom stereocenters. The molecule has 0 aromatic heterocycles. The Morgan fingerprint density at radius 1 is 1.43 bits per heavy atom. The van der Waals surface area contributed by atoms with Crippen molar-refractivity contribution < 1.29 is 12.8 Å². The van der Waals surface area contributed by atoms with Gasteiger partial charge in [0.15, 0.2) is 0 Å². The Balaban J connectivity index is 2.04. The maximum Gasteiger partial charge on any atom is 0.243 e. The van der Waals surface area contributed by atoms with E-state index in [-0.39, 0.29) is 16.7 Å². The maximum atomic E-state index is 14.0. The summed E-state index contributed by atoms with van der Waals surface area (Å²) in [5, 5.41) is 3.41. The van der Waals surface area contributed by atoms with E-state index in [1.54, 1.807) is 17.8 Å². The summed E-state index contributed by atoms with van der Waals surface area (Å²) < 4.78 is 40.7. The number of rotatable bonds is 8. The highest BCUT2D eigenvalue weighted by molar-refractivity contribution is 7.99. The second-order valence-electron chi connectivity index (χ2n) is 5.32. The van der Waals surface area contributed by atoms with Crippen molar-refractivity contribution in [1.82, 2.24) is 10.0 Å². The fraction of sp³-hybridized carbons (Fsp3) is 0.571. The van der Waals surface area contributed by atoms with Gasteiger partial charge in [0.1, 0.15) is 10.7 Å². The zero-order valence-electron chi connectivity index (χ0n) is 12.2. The van der Waals surface area contributed by atoms with Crippen LogP contribution in [0.15, 0.2) is 23.1 Å². The van der Waals surface area contributed by atoms with Crippen molar-refractivity contribution in [3.63, 3.8) is 0 Å². The van der Waals surface area contributed by atoms with E-state index < -0.39 is 15.8 Å². The van der Waals surface area contributed by atoms with Crippen molar-refractivity contribution >= 4 is 21.8 Å². The molecule has 2 rings (SSSR count). The van der Waals surface area contributed by atoms with Crippen LogP contribution < -0.4 is 10.0 Å². The molecule has 2 N–H and O–H groups in total. The number of benzene rings is 1. The molecule has 0 heterocycles. The van der Waals surface area contributed by atoms with Crippen LogP contribution in [0.5, 0.6) is 0 Å². The zero-order valence-corrected chi connectivity index (χ0v) is 13.9. The standard InChI is InChI=1S/C14H21FN2O2S2/c1-10(20-2)8-17-21(18,19)14-6-3-11(7-13(14)15)9-16-12-4-5-12/h3,6-7,10,12,16-17H,4-5,8-9H2,1-2H3. The van der Waals surface area contributed by atoms with Crippen molar-refractivity contribution in [3.8, 4) is 0 Å². The van der Waals surface area contributed by atoms with Gasteiger partial charge in [0, 0.05) is 24.4 Å². The zero-order chi connectivity index (χ0) is 15.5. The Kier molecular flexibility index (Phi) is 5.65. The number of hydrogen-bond donors (Lipinski definition) is 2. The summed E-state index contributed by atoms with van der Waals surface area (Å²) in [7, 11) is -3.79. The van der Waals surface area contributed by atoms with Crippen molar-refractivity contribution in [2.75, 3.05) is 12.8 Å². The van der Waals surface area contributed by atoms with Crippen molar-refractivity contribution in [2.45, 2.75) is 42.5 Å². The summed E-state index contributed by atoms with van der Waals surface area (Å²) in [5.41, 5.74) is 0.760. The Morgan fingerprint density at radius 2 is 2.14 bits per heavy atom. The molecule has 1 saturated carbocycles. The van der Waals surface area contributed by atoms with Gasteiger partial charge in [0.2, 0.25) is 10.0 Å². The Bertz CT molecular complexity index is 589. The van der Waals surface area contributed by atoms with E-state index in [1.165, 1.54) is 12.1 Å². The minimum Gasteiger partial charge on any atom is -0.310 e. The van der Waals surface area contributed by atoms with Crippen molar-refractivity contribution in [1.29, 1.82) is 0 Å². The third-order valence-electron chi connectivity index (χ3n) is 3.42. The molecule has 0 bridgehead atoms. The molecule has 1 atom stereocenters. The van der Waals surface area contributed by atoms with Gasteiger partial charge in [-0.05, 0) is 36.8 Å². The van der Waals surface area contributed by atoms with Gasteiger partial charge in [-0.2, -0.15) is 11.8 Å². The molecule has 118 valence electrons. The van der Waals surface area contributed by atoms with E-state index in [2.05, 4.69) is 10.0 Å². The predicted molar refractivity (Wildman–Crippen MR) is 84.4 cm³/mol. The Hall–Kier alpha value is -0.630. The molecule has 0 spiro atoms. The molecule has 4 nitrogen and oxygen atoms in total. The lowest BCUT2D eigenvalue weighted by Crippen LogP contribution is -2.30.